The molecule has 5 aromatic rings. The fraction of sp³-hybridized carbons (Fsp3) is 0.273. The summed E-state index contributed by atoms with van der Waals surface area (Å²) in [5.74, 6) is -0.339. The summed E-state index contributed by atoms with van der Waals surface area (Å²) in [5, 5.41) is 12.4. The van der Waals surface area contributed by atoms with Gasteiger partial charge in [0.25, 0.3) is 0 Å². The average Bonchev–Trinajstić information content (AvgIpc) is 3.00. The summed E-state index contributed by atoms with van der Waals surface area (Å²) < 4.78 is 61.7. The molecule has 1 N–H and O–H groups in total. The van der Waals surface area contributed by atoms with Gasteiger partial charge in [-0.05, 0) is 73.4 Å². The topological polar surface area (TPSA) is 107 Å². The van der Waals surface area contributed by atoms with E-state index in [9.17, 15) is 12.8 Å². The molecule has 8 nitrogen and oxygen atoms in total. The van der Waals surface area contributed by atoms with Crippen LogP contribution >= 0.6 is 0 Å². The molecule has 2 aromatic heterocycles. The number of halogens is 2. The number of nitrogens with one attached hydrogen (secondary N) is 1. The molecule has 0 unspecified atom stereocenters. The molecule has 2 atom stereocenters. The zero-order valence-electron chi connectivity index (χ0n) is 24.1. The smallest absolute Gasteiger partial charge is 0.248 e. The molecule has 3 aromatic carbocycles. The molecule has 44 heavy (non-hydrogen) atoms. The van der Waals surface area contributed by atoms with Crippen molar-refractivity contribution in [1.29, 1.82) is 0 Å². The van der Waals surface area contributed by atoms with Crippen LogP contribution in [0.5, 0.6) is 11.6 Å². The van der Waals surface area contributed by atoms with Crippen molar-refractivity contribution < 1.29 is 21.9 Å². The molecule has 0 aliphatic heterocycles. The van der Waals surface area contributed by atoms with Gasteiger partial charge < -0.3 is 10.1 Å². The number of anilines is 1. The second-order valence-electron chi connectivity index (χ2n) is 11.1. The highest BCUT2D eigenvalue weighted by molar-refractivity contribution is 7.89. The Morgan fingerprint density at radius 2 is 1.77 bits per heavy atom. The van der Waals surface area contributed by atoms with Gasteiger partial charge in [-0.1, -0.05) is 42.5 Å². The second kappa shape index (κ2) is 12.6. The molecule has 226 valence electrons. The summed E-state index contributed by atoms with van der Waals surface area (Å²) in [4.78, 5) is 8.96. The first-order valence-corrected chi connectivity index (χ1v) is 16.3. The van der Waals surface area contributed by atoms with Crippen molar-refractivity contribution in [3.05, 3.63) is 102 Å². The highest BCUT2D eigenvalue weighted by Crippen LogP contribution is 2.38. The third-order valence-corrected chi connectivity index (χ3v) is 9.26. The maximum atomic E-state index is 15.2. The fourth-order valence-electron chi connectivity index (χ4n) is 5.61. The van der Waals surface area contributed by atoms with Gasteiger partial charge in [0.15, 0.2) is 9.84 Å². The average molecular weight is 616 g/mol. The van der Waals surface area contributed by atoms with Gasteiger partial charge in [-0.2, -0.15) is 5.10 Å². The Bertz CT molecular complexity index is 1910. The molecule has 0 saturated heterocycles. The molecule has 0 spiro atoms. The number of benzene rings is 3. The highest BCUT2D eigenvalue weighted by atomic mass is 32.2. The zero-order valence-corrected chi connectivity index (χ0v) is 24.9. The van der Waals surface area contributed by atoms with Crippen molar-refractivity contribution in [2.75, 3.05) is 5.32 Å². The molecule has 0 bridgehead atoms. The van der Waals surface area contributed by atoms with E-state index in [1.165, 1.54) is 12.3 Å². The molecule has 1 fully saturated rings. The standard InChI is InChI=1S/C33H31F2N5O3S/c1-21-10-11-25-26(12-13-29(35)28(25)20-44(41,42)19-22-6-3-2-4-7-22)31(21)43-32-27(14-17-37-40-32)30-15-16-36-33(39-30)38-24-9-5-8-23(34)18-24/h2-4,6-7,10-17,23-24H,5,8-9,18-20H2,1H3,(H,36,38,39)/t23-,24-/m1/s1. The molecule has 0 amide bonds. The van der Waals surface area contributed by atoms with Crippen LogP contribution < -0.4 is 10.1 Å². The van der Waals surface area contributed by atoms with E-state index >= 15 is 4.39 Å². The van der Waals surface area contributed by atoms with Crippen molar-refractivity contribution in [1.82, 2.24) is 20.2 Å². The molecular formula is C33H31F2N5O3S. The Morgan fingerprint density at radius 1 is 0.955 bits per heavy atom. The van der Waals surface area contributed by atoms with Crippen LogP contribution in [0.2, 0.25) is 0 Å². The molecular weight excluding hydrogens is 584 g/mol. The van der Waals surface area contributed by atoms with Crippen molar-refractivity contribution in [3.8, 4) is 22.9 Å². The fourth-order valence-corrected chi connectivity index (χ4v) is 7.15. The molecule has 6 rings (SSSR count). The number of aromatic nitrogens is 4. The van der Waals surface area contributed by atoms with Gasteiger partial charge >= 0.3 is 0 Å². The van der Waals surface area contributed by atoms with Crippen LogP contribution in [0.25, 0.3) is 22.0 Å². The first-order valence-electron chi connectivity index (χ1n) is 14.4. The van der Waals surface area contributed by atoms with Crippen molar-refractivity contribution in [2.24, 2.45) is 0 Å². The van der Waals surface area contributed by atoms with E-state index in [1.807, 2.05) is 13.0 Å². The zero-order chi connectivity index (χ0) is 30.7. The maximum Gasteiger partial charge on any atom is 0.248 e. The maximum absolute atomic E-state index is 15.2. The van der Waals surface area contributed by atoms with Gasteiger partial charge in [-0.25, -0.2) is 27.2 Å². The van der Waals surface area contributed by atoms with Gasteiger partial charge in [-0.3, -0.25) is 0 Å². The van der Waals surface area contributed by atoms with Crippen LogP contribution in [0.4, 0.5) is 14.7 Å². The van der Waals surface area contributed by atoms with E-state index in [0.29, 0.717) is 52.1 Å². The largest absolute Gasteiger partial charge is 0.436 e. The number of alkyl halides is 1. The van der Waals surface area contributed by atoms with Crippen LogP contribution in [-0.4, -0.2) is 40.8 Å². The Labute approximate surface area is 254 Å². The van der Waals surface area contributed by atoms with Crippen LogP contribution in [0, 0.1) is 12.7 Å². The van der Waals surface area contributed by atoms with Crippen molar-refractivity contribution in [3.63, 3.8) is 0 Å². The van der Waals surface area contributed by atoms with Gasteiger partial charge in [0, 0.05) is 23.2 Å². The summed E-state index contributed by atoms with van der Waals surface area (Å²) in [7, 11) is -3.69. The predicted molar refractivity (Wildman–Crippen MR) is 165 cm³/mol. The number of rotatable bonds is 9. The predicted octanol–water partition coefficient (Wildman–Crippen LogP) is 7.13. The van der Waals surface area contributed by atoms with Crippen LogP contribution in [0.1, 0.15) is 42.4 Å². The Kier molecular flexibility index (Phi) is 8.47. The third kappa shape index (κ3) is 6.67. The highest BCUT2D eigenvalue weighted by Gasteiger charge is 2.23. The Morgan fingerprint density at radius 3 is 2.59 bits per heavy atom. The van der Waals surface area contributed by atoms with Crippen molar-refractivity contribution >= 4 is 26.6 Å². The number of nitrogens with zero attached hydrogens (tertiary/aromatic N) is 4. The monoisotopic (exact) mass is 615 g/mol. The number of fused-ring (bicyclic) bond motifs is 1. The number of aryl methyl sites for hydroxylation is 1. The summed E-state index contributed by atoms with van der Waals surface area (Å²) in [5.41, 5.74) is 2.52. The van der Waals surface area contributed by atoms with Crippen LogP contribution in [0.3, 0.4) is 0 Å². The van der Waals surface area contributed by atoms with Gasteiger partial charge in [-0.15, -0.1) is 5.10 Å². The first-order chi connectivity index (χ1) is 21.3. The molecule has 2 heterocycles. The minimum absolute atomic E-state index is 0.0512. The normalized spacial score (nSPS) is 17.0. The first kappa shape index (κ1) is 29.6. The lowest BCUT2D eigenvalue weighted by molar-refractivity contribution is 0.239. The van der Waals surface area contributed by atoms with Crippen LogP contribution in [0.15, 0.2) is 79.1 Å². The van der Waals surface area contributed by atoms with Crippen molar-refractivity contribution in [2.45, 2.75) is 56.3 Å². The number of ether oxygens (including phenoxy) is 1. The van der Waals surface area contributed by atoms with Crippen LogP contribution in [-0.2, 0) is 21.3 Å². The minimum Gasteiger partial charge on any atom is -0.436 e. The minimum atomic E-state index is -3.69. The summed E-state index contributed by atoms with van der Waals surface area (Å²) >= 11 is 0. The number of hydrogen-bond donors (Lipinski definition) is 1. The third-order valence-electron chi connectivity index (χ3n) is 7.76. The summed E-state index contributed by atoms with van der Waals surface area (Å²) in [6.07, 6.45) is 4.93. The quantitative estimate of drug-likeness (QED) is 0.187. The molecule has 11 heteroatoms. The lowest BCUT2D eigenvalue weighted by atomic mass is 9.94. The van der Waals surface area contributed by atoms with E-state index in [2.05, 4.69) is 25.5 Å². The molecule has 0 radical (unpaired) electrons. The second-order valence-corrected chi connectivity index (χ2v) is 13.1. The summed E-state index contributed by atoms with van der Waals surface area (Å²) in [6.45, 7) is 1.84. The van der Waals surface area contributed by atoms with Gasteiger partial charge in [0.2, 0.25) is 11.8 Å². The SMILES string of the molecule is Cc1ccc2c(CS(=O)(=O)Cc3ccccc3)c(F)ccc2c1Oc1nnccc1-c1ccnc(N[C@@H]2CCC[C@@H](F)C2)n1. The summed E-state index contributed by atoms with van der Waals surface area (Å²) in [6, 6.07) is 18.5. The molecule has 1 aliphatic rings. The Hall–Kier alpha value is -4.51. The lowest BCUT2D eigenvalue weighted by Gasteiger charge is -2.25. The van der Waals surface area contributed by atoms with E-state index in [4.69, 9.17) is 4.74 Å². The molecule has 1 saturated carbocycles. The van der Waals surface area contributed by atoms with Gasteiger partial charge in [0.1, 0.15) is 17.7 Å². The van der Waals surface area contributed by atoms with Gasteiger partial charge in [0.05, 0.1) is 29.0 Å². The lowest BCUT2D eigenvalue weighted by Crippen LogP contribution is -2.28. The van der Waals surface area contributed by atoms with E-state index < -0.39 is 27.6 Å². The molecule has 1 aliphatic carbocycles. The van der Waals surface area contributed by atoms with E-state index in [0.717, 1.165) is 18.4 Å². The Balaban J connectivity index is 1.32. The number of hydrogen-bond acceptors (Lipinski definition) is 8. The van der Waals surface area contributed by atoms with E-state index in [-0.39, 0.29) is 23.2 Å². The number of sulfone groups is 1. The van der Waals surface area contributed by atoms with E-state index in [1.54, 1.807) is 60.8 Å².